The third kappa shape index (κ3) is 29.9. The summed E-state index contributed by atoms with van der Waals surface area (Å²) < 4.78 is 16.4. The van der Waals surface area contributed by atoms with Crippen molar-refractivity contribution in [1.82, 2.24) is 0 Å². The van der Waals surface area contributed by atoms with Crippen molar-refractivity contribution in [1.29, 1.82) is 0 Å². The molecular formula is C36H68O6. The minimum Gasteiger partial charge on any atom is -0.462 e. The maximum absolute atomic E-state index is 12.4. The van der Waals surface area contributed by atoms with Gasteiger partial charge in [0, 0.05) is 19.3 Å². The van der Waals surface area contributed by atoms with Gasteiger partial charge in [0.1, 0.15) is 13.2 Å². The zero-order valence-electron chi connectivity index (χ0n) is 28.2. The van der Waals surface area contributed by atoms with Crippen molar-refractivity contribution in [3.8, 4) is 0 Å². The zero-order chi connectivity index (χ0) is 31.1. The Morgan fingerprint density at radius 3 is 1.17 bits per heavy atom. The highest BCUT2D eigenvalue weighted by atomic mass is 16.6. The van der Waals surface area contributed by atoms with Crippen LogP contribution in [0.1, 0.15) is 188 Å². The molecule has 0 aromatic rings. The molecule has 0 aromatic carbocycles. The standard InChI is InChI=1S/C36H68O6/c1-5-7-9-11-15-20-23-27-34(37)40-30-33(42-36(39)29-25-18-10-8-6-2)31-41-35(38)28-24-21-17-14-12-13-16-19-22-26-32(3)4/h32-33H,5-31H2,1-4H3/t33-/m1/s1. The Hall–Kier alpha value is -1.59. The maximum Gasteiger partial charge on any atom is 0.306 e. The van der Waals surface area contributed by atoms with Crippen LogP contribution < -0.4 is 0 Å². The predicted molar refractivity (Wildman–Crippen MR) is 173 cm³/mol. The fourth-order valence-corrected chi connectivity index (χ4v) is 5.04. The summed E-state index contributed by atoms with van der Waals surface area (Å²) in [6.07, 6.45) is 25.6. The van der Waals surface area contributed by atoms with E-state index >= 15 is 0 Å². The van der Waals surface area contributed by atoms with Crippen molar-refractivity contribution in [3.63, 3.8) is 0 Å². The van der Waals surface area contributed by atoms with Gasteiger partial charge >= 0.3 is 17.9 Å². The van der Waals surface area contributed by atoms with Crippen LogP contribution in [0.2, 0.25) is 0 Å². The fraction of sp³-hybridized carbons (Fsp3) is 0.917. The highest BCUT2D eigenvalue weighted by Crippen LogP contribution is 2.14. The van der Waals surface area contributed by atoms with Crippen LogP contribution in [0.15, 0.2) is 0 Å². The van der Waals surface area contributed by atoms with E-state index in [1.807, 2.05) is 0 Å². The van der Waals surface area contributed by atoms with Gasteiger partial charge in [-0.2, -0.15) is 0 Å². The smallest absolute Gasteiger partial charge is 0.306 e. The Morgan fingerprint density at radius 2 is 0.786 bits per heavy atom. The molecule has 42 heavy (non-hydrogen) atoms. The van der Waals surface area contributed by atoms with E-state index in [0.717, 1.165) is 70.1 Å². The van der Waals surface area contributed by atoms with Crippen molar-refractivity contribution in [3.05, 3.63) is 0 Å². The Balaban J connectivity index is 4.24. The van der Waals surface area contributed by atoms with Crippen molar-refractivity contribution >= 4 is 17.9 Å². The number of carbonyl (C=O) groups excluding carboxylic acids is 3. The molecule has 0 spiro atoms. The number of rotatable bonds is 31. The number of ether oxygens (including phenoxy) is 3. The largest absolute Gasteiger partial charge is 0.462 e. The average molecular weight is 597 g/mol. The lowest BCUT2D eigenvalue weighted by Gasteiger charge is -2.18. The summed E-state index contributed by atoms with van der Waals surface area (Å²) in [5, 5.41) is 0. The molecule has 0 aliphatic heterocycles. The molecule has 0 N–H and O–H groups in total. The first-order valence-corrected chi connectivity index (χ1v) is 17.9. The van der Waals surface area contributed by atoms with Crippen LogP contribution in [0.3, 0.4) is 0 Å². The second-order valence-corrected chi connectivity index (χ2v) is 12.6. The first-order valence-electron chi connectivity index (χ1n) is 17.9. The van der Waals surface area contributed by atoms with Crippen molar-refractivity contribution in [2.24, 2.45) is 5.92 Å². The molecule has 6 nitrogen and oxygen atoms in total. The summed E-state index contributed by atoms with van der Waals surface area (Å²) in [6, 6.07) is 0. The lowest BCUT2D eigenvalue weighted by Crippen LogP contribution is -2.30. The Morgan fingerprint density at radius 1 is 0.452 bits per heavy atom. The Kier molecular flexibility index (Phi) is 29.7. The van der Waals surface area contributed by atoms with Gasteiger partial charge in [0.15, 0.2) is 6.10 Å². The molecule has 0 amide bonds. The molecule has 0 aromatic heterocycles. The molecule has 248 valence electrons. The molecule has 1 atom stereocenters. The summed E-state index contributed by atoms with van der Waals surface area (Å²) in [5.74, 6) is -0.0819. The van der Waals surface area contributed by atoms with Crippen LogP contribution in [0.4, 0.5) is 0 Å². The van der Waals surface area contributed by atoms with E-state index in [0.29, 0.717) is 19.3 Å². The van der Waals surface area contributed by atoms with Crippen molar-refractivity contribution < 1.29 is 28.6 Å². The molecule has 0 aliphatic carbocycles. The van der Waals surface area contributed by atoms with Crippen LogP contribution in [0, 0.1) is 5.92 Å². The van der Waals surface area contributed by atoms with Crippen molar-refractivity contribution in [2.45, 2.75) is 194 Å². The van der Waals surface area contributed by atoms with Gasteiger partial charge in [0.25, 0.3) is 0 Å². The van der Waals surface area contributed by atoms with E-state index in [-0.39, 0.29) is 31.1 Å². The molecule has 0 aliphatic rings. The molecule has 0 heterocycles. The highest BCUT2D eigenvalue weighted by molar-refractivity contribution is 5.71. The Bertz CT molecular complexity index is 632. The van der Waals surface area contributed by atoms with E-state index in [1.54, 1.807) is 0 Å². The van der Waals surface area contributed by atoms with E-state index in [2.05, 4.69) is 27.7 Å². The quantitative estimate of drug-likeness (QED) is 0.0450. The van der Waals surface area contributed by atoms with Crippen molar-refractivity contribution in [2.75, 3.05) is 13.2 Å². The summed E-state index contributed by atoms with van der Waals surface area (Å²) in [5.41, 5.74) is 0. The summed E-state index contributed by atoms with van der Waals surface area (Å²) >= 11 is 0. The van der Waals surface area contributed by atoms with Crippen LogP contribution in [-0.2, 0) is 28.6 Å². The third-order valence-electron chi connectivity index (χ3n) is 7.79. The van der Waals surface area contributed by atoms with Gasteiger partial charge in [-0.1, -0.05) is 150 Å². The Labute approximate surface area is 259 Å². The van der Waals surface area contributed by atoms with Crippen LogP contribution in [0.25, 0.3) is 0 Å². The predicted octanol–water partition coefficient (Wildman–Crippen LogP) is 10.4. The van der Waals surface area contributed by atoms with E-state index in [9.17, 15) is 14.4 Å². The third-order valence-corrected chi connectivity index (χ3v) is 7.79. The number of unbranched alkanes of at least 4 members (excludes halogenated alkanes) is 18. The maximum atomic E-state index is 12.4. The van der Waals surface area contributed by atoms with Crippen LogP contribution in [-0.4, -0.2) is 37.2 Å². The second-order valence-electron chi connectivity index (χ2n) is 12.6. The highest BCUT2D eigenvalue weighted by Gasteiger charge is 2.19. The molecule has 0 bridgehead atoms. The molecular weight excluding hydrogens is 528 g/mol. The average Bonchev–Trinajstić information content (AvgIpc) is 2.96. The summed E-state index contributed by atoms with van der Waals surface area (Å²) in [7, 11) is 0. The van der Waals surface area contributed by atoms with E-state index in [4.69, 9.17) is 14.2 Å². The molecule has 0 rings (SSSR count). The lowest BCUT2D eigenvalue weighted by molar-refractivity contribution is -0.167. The molecule has 0 fully saturated rings. The SMILES string of the molecule is CCCCCCCCCC(=O)OC[C@H](COC(=O)CCCCCCCCCCCC(C)C)OC(=O)CCCCCCC. The van der Waals surface area contributed by atoms with Gasteiger partial charge in [0.2, 0.25) is 0 Å². The van der Waals surface area contributed by atoms with Gasteiger partial charge in [-0.15, -0.1) is 0 Å². The zero-order valence-corrected chi connectivity index (χ0v) is 28.2. The van der Waals surface area contributed by atoms with Gasteiger partial charge in [-0.05, 0) is 25.2 Å². The summed E-state index contributed by atoms with van der Waals surface area (Å²) in [6.45, 7) is 8.80. The normalized spacial score (nSPS) is 11.9. The minimum absolute atomic E-state index is 0.0675. The first-order chi connectivity index (χ1) is 20.4. The monoisotopic (exact) mass is 597 g/mol. The lowest BCUT2D eigenvalue weighted by atomic mass is 10.0. The molecule has 0 saturated heterocycles. The molecule has 6 heteroatoms. The minimum atomic E-state index is -0.754. The second kappa shape index (κ2) is 30.9. The number of hydrogen-bond acceptors (Lipinski definition) is 6. The van der Waals surface area contributed by atoms with E-state index in [1.165, 1.54) is 77.0 Å². The van der Waals surface area contributed by atoms with E-state index < -0.39 is 6.10 Å². The van der Waals surface area contributed by atoms with Crippen LogP contribution in [0.5, 0.6) is 0 Å². The van der Waals surface area contributed by atoms with Gasteiger partial charge in [-0.25, -0.2) is 0 Å². The van der Waals surface area contributed by atoms with Crippen LogP contribution >= 0.6 is 0 Å². The number of hydrogen-bond donors (Lipinski definition) is 0. The first kappa shape index (κ1) is 40.4. The topological polar surface area (TPSA) is 78.9 Å². The van der Waals surface area contributed by atoms with Gasteiger partial charge < -0.3 is 14.2 Å². The number of esters is 3. The summed E-state index contributed by atoms with van der Waals surface area (Å²) in [4.78, 5) is 37.0. The number of carbonyl (C=O) groups is 3. The molecule has 0 saturated carbocycles. The van der Waals surface area contributed by atoms with Gasteiger partial charge in [0.05, 0.1) is 0 Å². The molecule has 0 radical (unpaired) electrons. The molecule has 0 unspecified atom stereocenters. The van der Waals surface area contributed by atoms with Gasteiger partial charge in [-0.3, -0.25) is 14.4 Å². The fourth-order valence-electron chi connectivity index (χ4n) is 5.04.